The minimum atomic E-state index is -0.579. The second-order valence-corrected chi connectivity index (χ2v) is 12.8. The number of unbranched alkanes of at least 4 members (excludes halogenated alkanes) is 1. The number of hydrogen-bond acceptors (Lipinski definition) is 7. The van der Waals surface area contributed by atoms with E-state index in [4.69, 9.17) is 4.74 Å². The Morgan fingerprint density at radius 3 is 2.36 bits per heavy atom. The third kappa shape index (κ3) is 17.7. The van der Waals surface area contributed by atoms with Crippen molar-refractivity contribution in [2.24, 2.45) is 0 Å². The highest BCUT2D eigenvalue weighted by atomic mass is 32.2. The van der Waals surface area contributed by atoms with E-state index in [2.05, 4.69) is 47.1 Å². The largest absolute Gasteiger partial charge is 0.444 e. The molecule has 1 heterocycles. The van der Waals surface area contributed by atoms with Crippen LogP contribution in [0.3, 0.4) is 0 Å². The SMILES string of the molecule is C=C(/C=C\C(=C/C)CC(=C)N(C)C(=C)SC(=C)CCCCc1ccc(NC(=O)C/C(C)=C/C=C\C)nn1)NC(=O)OC(C)(C)C. The van der Waals surface area contributed by atoms with Gasteiger partial charge in [-0.3, -0.25) is 10.1 Å². The topological polar surface area (TPSA) is 96.5 Å². The molecule has 0 atom stereocenters. The summed E-state index contributed by atoms with van der Waals surface area (Å²) >= 11 is 1.55. The lowest BCUT2D eigenvalue weighted by Crippen LogP contribution is -2.31. The molecule has 0 fully saturated rings. The van der Waals surface area contributed by atoms with Crippen LogP contribution in [-0.4, -0.2) is 39.7 Å². The van der Waals surface area contributed by atoms with Gasteiger partial charge in [-0.05, 0) is 95.9 Å². The number of allylic oxidation sites excluding steroid dienone is 8. The first-order valence-corrected chi connectivity index (χ1v) is 15.8. The van der Waals surface area contributed by atoms with Crippen LogP contribution in [0.2, 0.25) is 0 Å². The summed E-state index contributed by atoms with van der Waals surface area (Å²) in [5.74, 6) is 0.340. The number of carbonyl (C=O) groups excluding carboxylic acids is 2. The van der Waals surface area contributed by atoms with Crippen LogP contribution in [0.25, 0.3) is 0 Å². The summed E-state index contributed by atoms with van der Waals surface area (Å²) in [5.41, 5.74) is 3.61. The van der Waals surface area contributed by atoms with Crippen LogP contribution in [-0.2, 0) is 16.0 Å². The molecular formula is C36H51N5O3S. The Hall–Kier alpha value is -4.11. The molecular weight excluding hydrogens is 582 g/mol. The van der Waals surface area contributed by atoms with E-state index in [-0.39, 0.29) is 5.91 Å². The van der Waals surface area contributed by atoms with Crippen LogP contribution in [0.15, 0.2) is 107 Å². The minimum Gasteiger partial charge on any atom is -0.444 e. The highest BCUT2D eigenvalue weighted by Gasteiger charge is 2.16. The number of aryl methyl sites for hydroxylation is 1. The number of ether oxygens (including phenoxy) is 1. The number of nitrogens with one attached hydrogen (secondary N) is 2. The van der Waals surface area contributed by atoms with Crippen molar-refractivity contribution >= 4 is 29.6 Å². The molecule has 2 amide bonds. The molecule has 9 heteroatoms. The Balaban J connectivity index is 2.43. The first-order valence-electron chi connectivity index (χ1n) is 15.0. The fourth-order valence-corrected chi connectivity index (χ4v) is 4.55. The van der Waals surface area contributed by atoms with Crippen LogP contribution in [0.5, 0.6) is 0 Å². The molecule has 0 unspecified atom stereocenters. The van der Waals surface area contributed by atoms with E-state index in [0.717, 1.165) is 58.2 Å². The third-order valence-corrected chi connectivity index (χ3v) is 7.19. The number of alkyl carbamates (subject to hydrolysis) is 1. The van der Waals surface area contributed by atoms with Gasteiger partial charge in [-0.2, -0.15) is 5.10 Å². The number of aromatic nitrogens is 2. The Morgan fingerprint density at radius 1 is 1.04 bits per heavy atom. The lowest BCUT2D eigenvalue weighted by molar-refractivity contribution is -0.115. The summed E-state index contributed by atoms with van der Waals surface area (Å²) in [6, 6.07) is 3.69. The van der Waals surface area contributed by atoms with E-state index >= 15 is 0 Å². The molecule has 244 valence electrons. The lowest BCUT2D eigenvalue weighted by Gasteiger charge is -2.24. The van der Waals surface area contributed by atoms with Gasteiger partial charge in [0.1, 0.15) is 5.60 Å². The van der Waals surface area contributed by atoms with Crippen molar-refractivity contribution in [3.63, 3.8) is 0 Å². The number of hydrogen-bond donors (Lipinski definition) is 2. The summed E-state index contributed by atoms with van der Waals surface area (Å²) in [6.07, 6.45) is 15.3. The summed E-state index contributed by atoms with van der Waals surface area (Å²) in [5, 5.41) is 14.7. The molecule has 1 aromatic rings. The van der Waals surface area contributed by atoms with E-state index in [0.29, 0.717) is 24.4 Å². The van der Waals surface area contributed by atoms with Gasteiger partial charge in [0.15, 0.2) is 5.82 Å². The molecule has 0 aliphatic carbocycles. The van der Waals surface area contributed by atoms with E-state index in [1.165, 1.54) is 0 Å². The summed E-state index contributed by atoms with van der Waals surface area (Å²) in [4.78, 5) is 27.1. The zero-order valence-electron chi connectivity index (χ0n) is 28.2. The Bertz CT molecular complexity index is 1330. The number of amides is 2. The number of carbonyl (C=O) groups is 2. The number of anilines is 1. The van der Waals surface area contributed by atoms with Crippen molar-refractivity contribution in [3.05, 3.63) is 113 Å². The maximum absolute atomic E-state index is 12.2. The monoisotopic (exact) mass is 633 g/mol. The van der Waals surface area contributed by atoms with Gasteiger partial charge >= 0.3 is 6.09 Å². The van der Waals surface area contributed by atoms with Gasteiger partial charge in [-0.1, -0.05) is 74.0 Å². The first kappa shape index (κ1) is 38.9. The molecule has 0 aromatic carbocycles. The zero-order chi connectivity index (χ0) is 34.0. The molecule has 0 spiro atoms. The van der Waals surface area contributed by atoms with Crippen molar-refractivity contribution in [3.8, 4) is 0 Å². The second kappa shape index (κ2) is 20.0. The minimum absolute atomic E-state index is 0.114. The third-order valence-electron chi connectivity index (χ3n) is 6.19. The molecule has 0 aliphatic rings. The molecule has 2 N–H and O–H groups in total. The highest BCUT2D eigenvalue weighted by molar-refractivity contribution is 8.06. The van der Waals surface area contributed by atoms with Crippen LogP contribution in [0.4, 0.5) is 10.6 Å². The lowest BCUT2D eigenvalue weighted by atomic mass is 10.1. The average molecular weight is 634 g/mol. The van der Waals surface area contributed by atoms with Crippen LogP contribution >= 0.6 is 11.8 Å². The van der Waals surface area contributed by atoms with Crippen LogP contribution < -0.4 is 10.6 Å². The highest BCUT2D eigenvalue weighted by Crippen LogP contribution is 2.31. The average Bonchev–Trinajstić information content (AvgIpc) is 2.95. The smallest absolute Gasteiger partial charge is 0.412 e. The van der Waals surface area contributed by atoms with Gasteiger partial charge in [0.2, 0.25) is 5.91 Å². The molecule has 0 saturated carbocycles. The van der Waals surface area contributed by atoms with Crippen molar-refractivity contribution in [2.75, 3.05) is 12.4 Å². The summed E-state index contributed by atoms with van der Waals surface area (Å²) in [7, 11) is 1.94. The second-order valence-electron chi connectivity index (χ2n) is 11.6. The van der Waals surface area contributed by atoms with Gasteiger partial charge in [-0.25, -0.2) is 4.79 Å². The number of nitrogens with zero attached hydrogens (tertiary/aromatic N) is 3. The Labute approximate surface area is 274 Å². The Morgan fingerprint density at radius 2 is 1.76 bits per heavy atom. The van der Waals surface area contributed by atoms with Gasteiger partial charge in [0, 0.05) is 31.3 Å². The van der Waals surface area contributed by atoms with Crippen LogP contribution in [0.1, 0.15) is 79.3 Å². The zero-order valence-corrected chi connectivity index (χ0v) is 29.0. The maximum atomic E-state index is 12.2. The standard InChI is InChI=1S/C36H51N5O3S/c1-12-14-17-26(3)24-34(42)38-33-23-22-32(39-40-33)19-16-15-18-29(6)45-30(7)41(11)28(5)25-31(13-2)21-20-27(4)37-35(43)44-36(8,9)10/h12-14,17,20-23H,4-7,15-16,18-19,24-25H2,1-3,8-11H3,(H,37,43)(H,38,40,42)/b14-12-,21-20-,26-17+,31-13+. The molecule has 45 heavy (non-hydrogen) atoms. The van der Waals surface area contributed by atoms with Gasteiger partial charge in [-0.15, -0.1) is 5.10 Å². The molecule has 0 aliphatic heterocycles. The van der Waals surface area contributed by atoms with Crippen molar-refractivity contribution in [1.82, 2.24) is 20.4 Å². The van der Waals surface area contributed by atoms with Crippen molar-refractivity contribution < 1.29 is 14.3 Å². The first-order chi connectivity index (χ1) is 21.1. The fourth-order valence-electron chi connectivity index (χ4n) is 3.71. The molecule has 0 saturated heterocycles. The Kier molecular flexibility index (Phi) is 17.3. The summed E-state index contributed by atoms with van der Waals surface area (Å²) in [6.45, 7) is 27.8. The predicted molar refractivity (Wildman–Crippen MR) is 190 cm³/mol. The normalized spacial score (nSPS) is 12.2. The number of thioether (sulfide) groups is 1. The molecule has 1 rings (SSSR count). The maximum Gasteiger partial charge on any atom is 0.412 e. The number of rotatable bonds is 18. The van der Waals surface area contributed by atoms with E-state index in [1.54, 1.807) is 23.9 Å². The fraction of sp³-hybridized carbons (Fsp3) is 0.389. The molecule has 8 nitrogen and oxygen atoms in total. The van der Waals surface area contributed by atoms with Gasteiger partial charge < -0.3 is 15.0 Å². The summed E-state index contributed by atoms with van der Waals surface area (Å²) < 4.78 is 5.26. The van der Waals surface area contributed by atoms with Crippen molar-refractivity contribution in [1.29, 1.82) is 0 Å². The molecule has 0 radical (unpaired) electrons. The molecule has 0 bridgehead atoms. The van der Waals surface area contributed by atoms with E-state index < -0.39 is 11.7 Å². The van der Waals surface area contributed by atoms with Crippen molar-refractivity contribution in [2.45, 2.75) is 85.7 Å². The molecule has 1 aromatic heterocycles. The van der Waals surface area contributed by atoms with Gasteiger partial charge in [0.05, 0.1) is 10.7 Å². The quantitative estimate of drug-likeness (QED) is 0.123. The van der Waals surface area contributed by atoms with E-state index in [9.17, 15) is 9.59 Å². The predicted octanol–water partition coefficient (Wildman–Crippen LogP) is 9.14. The van der Waals surface area contributed by atoms with E-state index in [1.807, 2.05) is 89.9 Å². The van der Waals surface area contributed by atoms with Crippen LogP contribution in [0, 0.1) is 0 Å². The van der Waals surface area contributed by atoms with Gasteiger partial charge in [0.25, 0.3) is 0 Å².